The van der Waals surface area contributed by atoms with Gasteiger partial charge in [0.1, 0.15) is 0 Å². The molecule has 1 N–H and O–H groups in total. The van der Waals surface area contributed by atoms with Crippen LogP contribution in [0.4, 0.5) is 5.95 Å². The first-order valence-corrected chi connectivity index (χ1v) is 7.53. The number of hydrogen-bond donors (Lipinski definition) is 1. The lowest BCUT2D eigenvalue weighted by Gasteiger charge is -2.29. The molecule has 1 unspecified atom stereocenters. The Balaban J connectivity index is 1.80. The van der Waals surface area contributed by atoms with Crippen LogP contribution in [0.5, 0.6) is 0 Å². The van der Waals surface area contributed by atoms with Gasteiger partial charge >= 0.3 is 0 Å². The summed E-state index contributed by atoms with van der Waals surface area (Å²) < 4.78 is 1.04. The van der Waals surface area contributed by atoms with E-state index in [0.717, 1.165) is 35.0 Å². The molecule has 0 spiro atoms. The summed E-state index contributed by atoms with van der Waals surface area (Å²) in [7, 11) is 0. The Morgan fingerprint density at radius 2 is 2.00 bits per heavy atom. The predicted molar refractivity (Wildman–Crippen MR) is 82.6 cm³/mol. The van der Waals surface area contributed by atoms with Gasteiger partial charge in [-0.05, 0) is 30.5 Å². The van der Waals surface area contributed by atoms with Gasteiger partial charge in [-0.25, -0.2) is 9.97 Å². The quantitative estimate of drug-likeness (QED) is 0.918. The number of benzene rings is 1. The first kappa shape index (κ1) is 13.5. The third-order valence-electron chi connectivity index (χ3n) is 3.48. The molecule has 1 aromatic carbocycles. The molecule has 20 heavy (non-hydrogen) atoms. The van der Waals surface area contributed by atoms with Gasteiger partial charge in [0.15, 0.2) is 0 Å². The average molecular weight is 334 g/mol. The summed E-state index contributed by atoms with van der Waals surface area (Å²) in [6.07, 6.45) is 5.26. The molecule has 1 aliphatic heterocycles. The number of aliphatic hydroxyl groups is 1. The molecule has 1 saturated heterocycles. The normalized spacial score (nSPS) is 19.1. The van der Waals surface area contributed by atoms with E-state index < -0.39 is 0 Å². The number of β-amino-alcohol motifs (C(OH)–C–C–N with tert-alkyl or cyclic N) is 1. The maximum Gasteiger partial charge on any atom is 0.225 e. The third kappa shape index (κ3) is 2.99. The van der Waals surface area contributed by atoms with E-state index in [2.05, 4.69) is 25.9 Å². The second-order valence-electron chi connectivity index (χ2n) is 5.02. The monoisotopic (exact) mass is 333 g/mol. The van der Waals surface area contributed by atoms with Gasteiger partial charge in [0.05, 0.1) is 6.10 Å². The number of aliphatic hydroxyl groups excluding tert-OH is 1. The number of hydrogen-bond acceptors (Lipinski definition) is 4. The van der Waals surface area contributed by atoms with E-state index in [1.807, 2.05) is 41.6 Å². The van der Waals surface area contributed by atoms with Crippen molar-refractivity contribution in [3.63, 3.8) is 0 Å². The van der Waals surface area contributed by atoms with E-state index >= 15 is 0 Å². The summed E-state index contributed by atoms with van der Waals surface area (Å²) >= 11 is 3.47. The fourth-order valence-electron chi connectivity index (χ4n) is 2.44. The van der Waals surface area contributed by atoms with Gasteiger partial charge in [0.25, 0.3) is 0 Å². The van der Waals surface area contributed by atoms with E-state index in [9.17, 15) is 5.11 Å². The smallest absolute Gasteiger partial charge is 0.225 e. The Kier molecular flexibility index (Phi) is 3.98. The molecule has 1 atom stereocenters. The summed E-state index contributed by atoms with van der Waals surface area (Å²) in [4.78, 5) is 10.9. The van der Waals surface area contributed by atoms with Crippen molar-refractivity contribution in [2.45, 2.75) is 18.9 Å². The Hall–Kier alpha value is -1.46. The van der Waals surface area contributed by atoms with E-state index in [0.29, 0.717) is 12.5 Å². The molecule has 2 heterocycles. The lowest BCUT2D eigenvalue weighted by atomic mass is 10.1. The van der Waals surface area contributed by atoms with Gasteiger partial charge < -0.3 is 10.0 Å². The molecule has 0 bridgehead atoms. The fourth-order valence-corrected chi connectivity index (χ4v) is 2.84. The van der Waals surface area contributed by atoms with Crippen molar-refractivity contribution >= 4 is 21.9 Å². The van der Waals surface area contributed by atoms with Crippen LogP contribution in [0.3, 0.4) is 0 Å². The summed E-state index contributed by atoms with van der Waals surface area (Å²) in [6.45, 7) is 1.53. The summed E-state index contributed by atoms with van der Waals surface area (Å²) in [6, 6.07) is 8.07. The molecule has 3 rings (SSSR count). The van der Waals surface area contributed by atoms with Crippen LogP contribution < -0.4 is 4.90 Å². The molecule has 0 radical (unpaired) electrons. The summed E-state index contributed by atoms with van der Waals surface area (Å²) in [5, 5.41) is 9.70. The first-order valence-electron chi connectivity index (χ1n) is 6.73. The second kappa shape index (κ2) is 5.89. The molecule has 4 nitrogen and oxygen atoms in total. The van der Waals surface area contributed by atoms with Crippen LogP contribution in [-0.4, -0.2) is 34.3 Å². The van der Waals surface area contributed by atoms with E-state index in [4.69, 9.17) is 0 Å². The van der Waals surface area contributed by atoms with Crippen molar-refractivity contribution in [1.82, 2.24) is 9.97 Å². The van der Waals surface area contributed by atoms with Crippen molar-refractivity contribution < 1.29 is 5.11 Å². The lowest BCUT2D eigenvalue weighted by Crippen LogP contribution is -2.39. The minimum Gasteiger partial charge on any atom is -0.391 e. The van der Waals surface area contributed by atoms with E-state index in [-0.39, 0.29) is 6.10 Å². The van der Waals surface area contributed by atoms with Crippen molar-refractivity contribution in [1.29, 1.82) is 0 Å². The molecule has 5 heteroatoms. The highest BCUT2D eigenvalue weighted by molar-refractivity contribution is 9.10. The highest BCUT2D eigenvalue weighted by Crippen LogP contribution is 2.23. The molecule has 0 aliphatic carbocycles. The molecule has 2 aromatic rings. The Morgan fingerprint density at radius 3 is 2.70 bits per heavy atom. The molecular formula is C15H16BrN3O. The zero-order valence-electron chi connectivity index (χ0n) is 11.0. The van der Waals surface area contributed by atoms with Crippen molar-refractivity contribution in [3.05, 3.63) is 41.1 Å². The van der Waals surface area contributed by atoms with Crippen LogP contribution in [0.2, 0.25) is 0 Å². The number of nitrogens with zero attached hydrogens (tertiary/aromatic N) is 3. The zero-order chi connectivity index (χ0) is 13.9. The average Bonchev–Trinajstić information content (AvgIpc) is 2.47. The largest absolute Gasteiger partial charge is 0.391 e. The standard InChI is InChI=1S/C15H16BrN3O/c16-13-4-1-3-11(7-13)12-8-17-15(18-9-12)19-6-2-5-14(20)10-19/h1,3-4,7-9,14,20H,2,5-6,10H2. The lowest BCUT2D eigenvalue weighted by molar-refractivity contribution is 0.153. The van der Waals surface area contributed by atoms with Gasteiger partial charge in [-0.1, -0.05) is 28.1 Å². The number of rotatable bonds is 2. The summed E-state index contributed by atoms with van der Waals surface area (Å²) in [5.74, 6) is 0.697. The van der Waals surface area contributed by atoms with Crippen LogP contribution in [0.25, 0.3) is 11.1 Å². The van der Waals surface area contributed by atoms with Crippen molar-refractivity contribution in [3.8, 4) is 11.1 Å². The summed E-state index contributed by atoms with van der Waals surface area (Å²) in [5.41, 5.74) is 2.08. The number of aromatic nitrogens is 2. The molecule has 104 valence electrons. The highest BCUT2D eigenvalue weighted by Gasteiger charge is 2.19. The van der Waals surface area contributed by atoms with Crippen LogP contribution in [0, 0.1) is 0 Å². The molecule has 1 fully saturated rings. The molecular weight excluding hydrogens is 318 g/mol. The number of anilines is 1. The molecule has 1 aliphatic rings. The van der Waals surface area contributed by atoms with Gasteiger partial charge in [-0.2, -0.15) is 0 Å². The Labute approximate surface area is 126 Å². The first-order chi connectivity index (χ1) is 9.72. The Bertz CT molecular complexity index is 588. The maximum atomic E-state index is 9.70. The highest BCUT2D eigenvalue weighted by atomic mass is 79.9. The van der Waals surface area contributed by atoms with Gasteiger partial charge in [0, 0.05) is 35.5 Å². The molecule has 0 amide bonds. The molecule has 1 aromatic heterocycles. The fraction of sp³-hybridized carbons (Fsp3) is 0.333. The van der Waals surface area contributed by atoms with Crippen molar-refractivity contribution in [2.24, 2.45) is 0 Å². The van der Waals surface area contributed by atoms with Crippen LogP contribution in [0.15, 0.2) is 41.1 Å². The van der Waals surface area contributed by atoms with Gasteiger partial charge in [0.2, 0.25) is 5.95 Å². The second-order valence-corrected chi connectivity index (χ2v) is 5.94. The zero-order valence-corrected chi connectivity index (χ0v) is 12.6. The van der Waals surface area contributed by atoms with Gasteiger partial charge in [-0.3, -0.25) is 0 Å². The van der Waals surface area contributed by atoms with Crippen molar-refractivity contribution in [2.75, 3.05) is 18.0 Å². The SMILES string of the molecule is OC1CCCN(c2ncc(-c3cccc(Br)c3)cn2)C1. The van der Waals surface area contributed by atoms with E-state index in [1.54, 1.807) is 0 Å². The number of halogens is 1. The minimum atomic E-state index is -0.267. The maximum absolute atomic E-state index is 9.70. The van der Waals surface area contributed by atoms with Crippen LogP contribution in [-0.2, 0) is 0 Å². The van der Waals surface area contributed by atoms with Crippen LogP contribution in [0.1, 0.15) is 12.8 Å². The van der Waals surface area contributed by atoms with E-state index in [1.165, 1.54) is 0 Å². The minimum absolute atomic E-state index is 0.267. The number of piperidine rings is 1. The van der Waals surface area contributed by atoms with Crippen LogP contribution >= 0.6 is 15.9 Å². The topological polar surface area (TPSA) is 49.2 Å². The molecule has 0 saturated carbocycles. The third-order valence-corrected chi connectivity index (χ3v) is 3.97. The Morgan fingerprint density at radius 1 is 1.20 bits per heavy atom. The predicted octanol–water partition coefficient (Wildman–Crippen LogP) is 2.87. The van der Waals surface area contributed by atoms with Gasteiger partial charge in [-0.15, -0.1) is 0 Å².